The number of methoxy groups -OCH3 is 2. The topological polar surface area (TPSA) is 68.3 Å². The molecule has 0 bridgehead atoms. The van der Waals surface area contributed by atoms with Crippen LogP contribution in [0.3, 0.4) is 0 Å². The van der Waals surface area contributed by atoms with Crippen LogP contribution in [0, 0.1) is 11.3 Å². The van der Waals surface area contributed by atoms with Gasteiger partial charge in [-0.25, -0.2) is 0 Å². The summed E-state index contributed by atoms with van der Waals surface area (Å²) < 4.78 is 10.4. The number of nitrogens with zero attached hydrogens (tertiary/aromatic N) is 1. The van der Waals surface area contributed by atoms with Crippen LogP contribution in [0.4, 0.5) is 0 Å². The summed E-state index contributed by atoms with van der Waals surface area (Å²) in [4.78, 5) is 0. The van der Waals surface area contributed by atoms with Gasteiger partial charge in [-0.3, -0.25) is 0 Å². The van der Waals surface area contributed by atoms with Crippen molar-refractivity contribution < 1.29 is 9.47 Å². The maximum atomic E-state index is 8.84. The summed E-state index contributed by atoms with van der Waals surface area (Å²) in [5.41, 5.74) is 7.08. The summed E-state index contributed by atoms with van der Waals surface area (Å²) in [5.74, 6) is 1.12. The molecule has 0 radical (unpaired) electrons. The van der Waals surface area contributed by atoms with Crippen LogP contribution in [0.5, 0.6) is 11.5 Å². The van der Waals surface area contributed by atoms with E-state index in [0.29, 0.717) is 17.1 Å². The molecule has 0 heterocycles. The van der Waals surface area contributed by atoms with Crippen molar-refractivity contribution in [3.05, 3.63) is 23.3 Å². The fourth-order valence-corrected chi connectivity index (χ4v) is 1.40. The quantitative estimate of drug-likeness (QED) is 0.815. The van der Waals surface area contributed by atoms with Crippen molar-refractivity contribution >= 4 is 0 Å². The van der Waals surface area contributed by atoms with Crippen molar-refractivity contribution in [2.24, 2.45) is 5.73 Å². The van der Waals surface area contributed by atoms with E-state index in [-0.39, 0.29) is 6.04 Å². The molecule has 0 aliphatic carbocycles. The maximum absolute atomic E-state index is 8.84. The van der Waals surface area contributed by atoms with E-state index in [4.69, 9.17) is 20.5 Å². The van der Waals surface area contributed by atoms with E-state index in [1.54, 1.807) is 19.2 Å². The van der Waals surface area contributed by atoms with Crippen LogP contribution in [-0.2, 0) is 0 Å². The predicted octanol–water partition coefficient (Wildman–Crippen LogP) is 1.60. The normalized spacial score (nSPS) is 11.7. The number of nitriles is 1. The van der Waals surface area contributed by atoms with E-state index >= 15 is 0 Å². The molecule has 0 amide bonds. The van der Waals surface area contributed by atoms with Crippen LogP contribution in [0.2, 0.25) is 0 Å². The van der Waals surface area contributed by atoms with Crippen LogP contribution in [0.1, 0.15) is 24.1 Å². The van der Waals surface area contributed by atoms with E-state index < -0.39 is 0 Å². The van der Waals surface area contributed by atoms with Crippen LogP contribution in [0.15, 0.2) is 12.1 Å². The first-order valence-corrected chi connectivity index (χ1v) is 4.55. The fraction of sp³-hybridized carbons (Fsp3) is 0.364. The molecule has 0 aromatic heterocycles. The van der Waals surface area contributed by atoms with Gasteiger partial charge in [0, 0.05) is 17.7 Å². The smallest absolute Gasteiger partial charge is 0.165 e. The first-order valence-electron chi connectivity index (χ1n) is 4.55. The third-order valence-electron chi connectivity index (χ3n) is 2.13. The molecule has 0 aliphatic heterocycles. The first-order chi connectivity index (χ1) is 7.13. The number of rotatable bonds is 3. The molecule has 1 rings (SSSR count). The van der Waals surface area contributed by atoms with Gasteiger partial charge in [-0.1, -0.05) is 0 Å². The van der Waals surface area contributed by atoms with Crippen molar-refractivity contribution in [2.45, 2.75) is 13.0 Å². The summed E-state index contributed by atoms with van der Waals surface area (Å²) in [6, 6.07) is 5.19. The lowest BCUT2D eigenvalue weighted by Crippen LogP contribution is -2.08. The zero-order valence-electron chi connectivity index (χ0n) is 9.07. The molecular weight excluding hydrogens is 192 g/mol. The Morgan fingerprint density at radius 1 is 1.33 bits per heavy atom. The molecule has 2 N–H and O–H groups in total. The van der Waals surface area contributed by atoms with Gasteiger partial charge in [-0.2, -0.15) is 5.26 Å². The fourth-order valence-electron chi connectivity index (χ4n) is 1.40. The van der Waals surface area contributed by atoms with Gasteiger partial charge in [0.05, 0.1) is 25.9 Å². The van der Waals surface area contributed by atoms with Crippen LogP contribution in [0.25, 0.3) is 0 Å². The summed E-state index contributed by atoms with van der Waals surface area (Å²) in [7, 11) is 3.08. The molecule has 1 aromatic carbocycles. The Labute approximate surface area is 89.2 Å². The predicted molar refractivity (Wildman–Crippen MR) is 56.9 cm³/mol. The Morgan fingerprint density at radius 2 is 2.00 bits per heavy atom. The van der Waals surface area contributed by atoms with Gasteiger partial charge >= 0.3 is 0 Å². The average Bonchev–Trinajstić information content (AvgIpc) is 2.26. The Balaban J connectivity index is 3.40. The number of ether oxygens (including phenoxy) is 2. The van der Waals surface area contributed by atoms with Crippen molar-refractivity contribution in [1.82, 2.24) is 0 Å². The Morgan fingerprint density at radius 3 is 2.40 bits per heavy atom. The number of benzene rings is 1. The molecule has 0 saturated carbocycles. The largest absolute Gasteiger partial charge is 0.493 e. The average molecular weight is 206 g/mol. The second-order valence-corrected chi connectivity index (χ2v) is 3.20. The summed E-state index contributed by atoms with van der Waals surface area (Å²) in [6.45, 7) is 1.83. The lowest BCUT2D eigenvalue weighted by Gasteiger charge is -2.15. The third kappa shape index (κ3) is 2.20. The van der Waals surface area contributed by atoms with E-state index in [9.17, 15) is 0 Å². The summed E-state index contributed by atoms with van der Waals surface area (Å²) in [5, 5.41) is 8.84. The lowest BCUT2D eigenvalue weighted by atomic mass is 10.0. The zero-order chi connectivity index (χ0) is 11.4. The molecule has 1 unspecified atom stereocenters. The Bertz CT molecular complexity index is 394. The molecule has 4 nitrogen and oxygen atoms in total. The molecule has 0 saturated heterocycles. The van der Waals surface area contributed by atoms with Gasteiger partial charge in [-0.15, -0.1) is 0 Å². The lowest BCUT2D eigenvalue weighted by molar-refractivity contribution is 0.350. The van der Waals surface area contributed by atoms with Crippen LogP contribution < -0.4 is 15.2 Å². The van der Waals surface area contributed by atoms with Crippen LogP contribution in [-0.4, -0.2) is 14.2 Å². The number of hydrogen-bond acceptors (Lipinski definition) is 4. The molecule has 80 valence electrons. The highest BCUT2D eigenvalue weighted by atomic mass is 16.5. The van der Waals surface area contributed by atoms with E-state index in [0.717, 1.165) is 5.56 Å². The Kier molecular flexibility index (Phi) is 3.53. The molecule has 1 atom stereocenters. The molecule has 15 heavy (non-hydrogen) atoms. The molecule has 1 aromatic rings. The molecular formula is C11H14N2O2. The minimum Gasteiger partial charge on any atom is -0.493 e. The zero-order valence-corrected chi connectivity index (χ0v) is 9.07. The van der Waals surface area contributed by atoms with Gasteiger partial charge in [0.25, 0.3) is 0 Å². The van der Waals surface area contributed by atoms with Gasteiger partial charge in [-0.05, 0) is 13.0 Å². The third-order valence-corrected chi connectivity index (χ3v) is 2.13. The SMILES string of the molecule is COc1cc(C#N)cc(C(C)N)c1OC. The standard InChI is InChI=1S/C11H14N2O2/c1-7(13)9-4-8(6-12)5-10(14-2)11(9)15-3/h4-5,7H,13H2,1-3H3. The maximum Gasteiger partial charge on any atom is 0.165 e. The summed E-state index contributed by atoms with van der Waals surface area (Å²) >= 11 is 0. The van der Waals surface area contributed by atoms with Gasteiger partial charge in [0.15, 0.2) is 11.5 Å². The highest BCUT2D eigenvalue weighted by Gasteiger charge is 2.14. The Hall–Kier alpha value is -1.73. The monoisotopic (exact) mass is 206 g/mol. The van der Waals surface area contributed by atoms with Crippen molar-refractivity contribution in [2.75, 3.05) is 14.2 Å². The minimum atomic E-state index is -0.206. The second kappa shape index (κ2) is 4.67. The summed E-state index contributed by atoms with van der Waals surface area (Å²) in [6.07, 6.45) is 0. The molecule has 0 fully saturated rings. The van der Waals surface area contributed by atoms with Crippen LogP contribution >= 0.6 is 0 Å². The van der Waals surface area contributed by atoms with E-state index in [1.165, 1.54) is 7.11 Å². The second-order valence-electron chi connectivity index (χ2n) is 3.20. The highest BCUT2D eigenvalue weighted by Crippen LogP contribution is 2.35. The number of hydrogen-bond donors (Lipinski definition) is 1. The highest BCUT2D eigenvalue weighted by molar-refractivity contribution is 5.53. The van der Waals surface area contributed by atoms with Gasteiger partial charge in [0.1, 0.15) is 0 Å². The van der Waals surface area contributed by atoms with E-state index in [2.05, 4.69) is 6.07 Å². The first kappa shape index (κ1) is 11.3. The van der Waals surface area contributed by atoms with Gasteiger partial charge < -0.3 is 15.2 Å². The molecule has 0 aliphatic rings. The molecule has 4 heteroatoms. The minimum absolute atomic E-state index is 0.206. The molecule has 0 spiro atoms. The van der Waals surface area contributed by atoms with E-state index in [1.807, 2.05) is 6.92 Å². The van der Waals surface area contributed by atoms with Crippen molar-refractivity contribution in [3.63, 3.8) is 0 Å². The van der Waals surface area contributed by atoms with Crippen molar-refractivity contribution in [1.29, 1.82) is 5.26 Å². The number of nitrogens with two attached hydrogens (primary N) is 1. The van der Waals surface area contributed by atoms with Gasteiger partial charge in [0.2, 0.25) is 0 Å². The van der Waals surface area contributed by atoms with Crippen molar-refractivity contribution in [3.8, 4) is 17.6 Å².